The highest BCUT2D eigenvalue weighted by molar-refractivity contribution is 7.89. The molecule has 1 atom stereocenters. The van der Waals surface area contributed by atoms with Gasteiger partial charge in [-0.3, -0.25) is 0 Å². The molecule has 146 valence electrons. The van der Waals surface area contributed by atoms with E-state index in [1.165, 1.54) is 6.07 Å². The topological polar surface area (TPSA) is 108 Å². The van der Waals surface area contributed by atoms with Gasteiger partial charge in [0.25, 0.3) is 0 Å². The van der Waals surface area contributed by atoms with Crippen LogP contribution in [0.1, 0.15) is 38.2 Å². The number of fused-ring (bicyclic) bond motifs is 1. The van der Waals surface area contributed by atoms with Gasteiger partial charge in [-0.25, -0.2) is 17.9 Å². The fraction of sp³-hybridized carbons (Fsp3) is 0.588. The summed E-state index contributed by atoms with van der Waals surface area (Å²) >= 11 is 0. The van der Waals surface area contributed by atoms with Gasteiger partial charge in [0.1, 0.15) is 5.75 Å². The molecule has 0 radical (unpaired) electrons. The lowest BCUT2D eigenvalue weighted by Crippen LogP contribution is -2.51. The Morgan fingerprint density at radius 3 is 2.69 bits per heavy atom. The third-order valence-electron chi connectivity index (χ3n) is 4.87. The zero-order valence-corrected chi connectivity index (χ0v) is 16.3. The van der Waals surface area contributed by atoms with E-state index in [-0.39, 0.29) is 30.5 Å². The van der Waals surface area contributed by atoms with Gasteiger partial charge >= 0.3 is 5.97 Å². The van der Waals surface area contributed by atoms with E-state index in [0.717, 1.165) is 25.7 Å². The van der Waals surface area contributed by atoms with E-state index in [1.54, 1.807) is 19.1 Å². The highest BCUT2D eigenvalue weighted by Crippen LogP contribution is 2.33. The Balaban J connectivity index is 0.00000243. The van der Waals surface area contributed by atoms with Crippen LogP contribution in [0, 0.1) is 0 Å². The van der Waals surface area contributed by atoms with Crippen molar-refractivity contribution in [3.8, 4) is 5.75 Å². The summed E-state index contributed by atoms with van der Waals surface area (Å²) in [6, 6.07) is 4.65. The molecular weight excluding hydrogens is 380 g/mol. The molecule has 0 aromatic heterocycles. The second-order valence-electron chi connectivity index (χ2n) is 6.63. The molecule has 1 fully saturated rings. The average Bonchev–Trinajstić information content (AvgIpc) is 3.21. The fourth-order valence-electron chi connectivity index (χ4n) is 3.50. The number of carbonyl (C=O) groups excluding carboxylic acids is 1. The molecule has 1 aliphatic carbocycles. The van der Waals surface area contributed by atoms with E-state index in [4.69, 9.17) is 15.2 Å². The highest BCUT2D eigenvalue weighted by Gasteiger charge is 2.37. The zero-order valence-electron chi connectivity index (χ0n) is 14.7. The lowest BCUT2D eigenvalue weighted by Gasteiger charge is -2.28. The van der Waals surface area contributed by atoms with Gasteiger partial charge in [-0.05, 0) is 43.5 Å². The lowest BCUT2D eigenvalue weighted by atomic mass is 10.0. The summed E-state index contributed by atoms with van der Waals surface area (Å²) in [5.41, 5.74) is 5.96. The average molecular weight is 405 g/mol. The molecule has 3 rings (SSSR count). The number of halogens is 1. The molecule has 2 aliphatic rings. The largest absolute Gasteiger partial charge is 0.478 e. The van der Waals surface area contributed by atoms with Crippen LogP contribution in [0.2, 0.25) is 0 Å². The molecular formula is C17H25ClN2O5S. The van der Waals surface area contributed by atoms with Crippen molar-refractivity contribution in [3.05, 3.63) is 23.8 Å². The minimum atomic E-state index is -3.69. The van der Waals surface area contributed by atoms with Gasteiger partial charge in [0.15, 0.2) is 6.10 Å². The Bertz CT molecular complexity index is 762. The first-order valence-corrected chi connectivity index (χ1v) is 10.1. The molecule has 3 N–H and O–H groups in total. The molecule has 1 heterocycles. The van der Waals surface area contributed by atoms with Gasteiger partial charge in [0.05, 0.1) is 11.5 Å². The Morgan fingerprint density at radius 1 is 1.38 bits per heavy atom. The van der Waals surface area contributed by atoms with Crippen molar-refractivity contribution in [3.63, 3.8) is 0 Å². The van der Waals surface area contributed by atoms with Crippen molar-refractivity contribution in [2.75, 3.05) is 13.2 Å². The summed E-state index contributed by atoms with van der Waals surface area (Å²) in [5, 5.41) is 0. The summed E-state index contributed by atoms with van der Waals surface area (Å²) in [7, 11) is -3.69. The van der Waals surface area contributed by atoms with E-state index in [2.05, 4.69) is 4.72 Å². The number of benzene rings is 1. The van der Waals surface area contributed by atoms with Gasteiger partial charge in [0.2, 0.25) is 10.0 Å². The second kappa shape index (κ2) is 8.12. The number of ether oxygens (including phenoxy) is 2. The van der Waals surface area contributed by atoms with Crippen molar-refractivity contribution in [2.24, 2.45) is 5.73 Å². The maximum absolute atomic E-state index is 12.8. The van der Waals surface area contributed by atoms with Crippen LogP contribution in [0.25, 0.3) is 0 Å². The first kappa shape index (κ1) is 21.0. The van der Waals surface area contributed by atoms with Crippen LogP contribution in [-0.4, -0.2) is 39.2 Å². The summed E-state index contributed by atoms with van der Waals surface area (Å²) in [6.45, 7) is 2.29. The first-order chi connectivity index (χ1) is 11.9. The maximum Gasteiger partial charge on any atom is 0.347 e. The van der Waals surface area contributed by atoms with Crippen LogP contribution in [0.15, 0.2) is 23.1 Å². The molecule has 0 saturated heterocycles. The second-order valence-corrected chi connectivity index (χ2v) is 8.31. The van der Waals surface area contributed by atoms with Crippen LogP contribution < -0.4 is 15.2 Å². The quantitative estimate of drug-likeness (QED) is 0.696. The van der Waals surface area contributed by atoms with Gasteiger partial charge in [-0.1, -0.05) is 12.8 Å². The van der Waals surface area contributed by atoms with E-state index >= 15 is 0 Å². The van der Waals surface area contributed by atoms with Crippen molar-refractivity contribution in [1.29, 1.82) is 0 Å². The van der Waals surface area contributed by atoms with Gasteiger partial charge in [-0.2, -0.15) is 0 Å². The highest BCUT2D eigenvalue weighted by atomic mass is 35.5. The standard InChI is InChI=1S/C17H24N2O5S.ClH/c1-2-23-16(20)15-10-12-9-13(5-6-14(12)24-15)25(21,22)19-17(11-18)7-3-4-8-17;/h5-6,9,15,19H,2-4,7-8,10-11,18H2,1H3;1H. The Labute approximate surface area is 160 Å². The lowest BCUT2D eigenvalue weighted by molar-refractivity contribution is -0.150. The van der Waals surface area contributed by atoms with Crippen LogP contribution in [0.5, 0.6) is 5.75 Å². The van der Waals surface area contributed by atoms with Crippen LogP contribution >= 0.6 is 12.4 Å². The van der Waals surface area contributed by atoms with Crippen molar-refractivity contribution in [1.82, 2.24) is 4.72 Å². The predicted molar refractivity (Wildman–Crippen MR) is 99.0 cm³/mol. The number of esters is 1. The Morgan fingerprint density at radius 2 is 2.08 bits per heavy atom. The molecule has 26 heavy (non-hydrogen) atoms. The third-order valence-corrected chi connectivity index (χ3v) is 6.44. The van der Waals surface area contributed by atoms with Gasteiger partial charge in [-0.15, -0.1) is 12.4 Å². The van der Waals surface area contributed by atoms with Gasteiger partial charge < -0.3 is 15.2 Å². The number of sulfonamides is 1. The predicted octanol–water partition coefficient (Wildman–Crippen LogP) is 1.52. The van der Waals surface area contributed by atoms with E-state index in [9.17, 15) is 13.2 Å². The SMILES string of the molecule is CCOC(=O)C1Cc2cc(S(=O)(=O)NC3(CN)CCCC3)ccc2O1.Cl. The summed E-state index contributed by atoms with van der Waals surface area (Å²) in [6.07, 6.45) is 3.03. The molecule has 7 nitrogen and oxygen atoms in total. The summed E-state index contributed by atoms with van der Waals surface area (Å²) in [4.78, 5) is 12.0. The molecule has 1 aliphatic heterocycles. The number of nitrogens with two attached hydrogens (primary N) is 1. The molecule has 0 amide bonds. The molecule has 1 saturated carbocycles. The van der Waals surface area contributed by atoms with Crippen LogP contribution in [0.4, 0.5) is 0 Å². The molecule has 9 heteroatoms. The van der Waals surface area contributed by atoms with Crippen molar-refractivity contribution < 1.29 is 22.7 Å². The van der Waals surface area contributed by atoms with E-state index in [0.29, 0.717) is 17.7 Å². The third kappa shape index (κ3) is 4.14. The maximum atomic E-state index is 12.8. The molecule has 0 bridgehead atoms. The van der Waals surface area contributed by atoms with Crippen molar-refractivity contribution >= 4 is 28.4 Å². The smallest absolute Gasteiger partial charge is 0.347 e. The normalized spacial score (nSPS) is 20.8. The Hall–Kier alpha value is -1.35. The monoisotopic (exact) mass is 404 g/mol. The van der Waals surface area contributed by atoms with Gasteiger partial charge in [0, 0.05) is 18.5 Å². The number of hydrogen-bond acceptors (Lipinski definition) is 6. The summed E-state index contributed by atoms with van der Waals surface area (Å²) in [5.74, 6) is 0.0840. The van der Waals surface area contributed by atoms with E-state index < -0.39 is 27.6 Å². The minimum absolute atomic E-state index is 0. The number of rotatable bonds is 6. The zero-order chi connectivity index (χ0) is 18.1. The number of hydrogen-bond donors (Lipinski definition) is 2. The molecule has 1 aromatic carbocycles. The fourth-order valence-corrected chi connectivity index (χ4v) is 5.02. The van der Waals surface area contributed by atoms with Crippen LogP contribution in [0.3, 0.4) is 0 Å². The molecule has 1 aromatic rings. The first-order valence-electron chi connectivity index (χ1n) is 8.59. The Kier molecular flexibility index (Phi) is 6.55. The number of carbonyl (C=O) groups is 1. The van der Waals surface area contributed by atoms with Crippen molar-refractivity contribution in [2.45, 2.75) is 55.6 Å². The van der Waals surface area contributed by atoms with E-state index in [1.807, 2.05) is 0 Å². The summed E-state index contributed by atoms with van der Waals surface area (Å²) < 4.78 is 38.9. The molecule has 0 spiro atoms. The van der Waals surface area contributed by atoms with Crippen LogP contribution in [-0.2, 0) is 26.0 Å². The molecule has 1 unspecified atom stereocenters. The number of nitrogens with one attached hydrogen (secondary N) is 1. The minimum Gasteiger partial charge on any atom is -0.478 e.